The van der Waals surface area contributed by atoms with E-state index in [-0.39, 0.29) is 16.7 Å². The number of rotatable bonds is 10. The molecular weight excluding hydrogens is 417 g/mol. The first-order valence-electron chi connectivity index (χ1n) is 8.08. The molecule has 0 N–H and O–H groups in total. The third-order valence-corrected chi connectivity index (χ3v) is 5.49. The zero-order valence-electron chi connectivity index (χ0n) is 14.5. The Balaban J connectivity index is 1.95. The number of thioether (sulfide) groups is 1. The minimum absolute atomic E-state index is 0.125. The van der Waals surface area contributed by atoms with Gasteiger partial charge in [0.1, 0.15) is 0 Å². The number of hydrogen-bond donors (Lipinski definition) is 0. The lowest BCUT2D eigenvalue weighted by Gasteiger charge is -2.14. The van der Waals surface area contributed by atoms with Gasteiger partial charge in [-0.05, 0) is 24.1 Å². The molecule has 0 unspecified atom stereocenters. The molecule has 0 atom stereocenters. The van der Waals surface area contributed by atoms with Gasteiger partial charge in [-0.1, -0.05) is 36.4 Å². The highest BCUT2D eigenvalue weighted by atomic mass is 32.2. The van der Waals surface area contributed by atoms with E-state index in [0.29, 0.717) is 25.4 Å². The van der Waals surface area contributed by atoms with Crippen molar-refractivity contribution in [3.63, 3.8) is 0 Å². The van der Waals surface area contributed by atoms with Crippen molar-refractivity contribution in [2.24, 2.45) is 0 Å². The van der Waals surface area contributed by atoms with E-state index < -0.39 is 21.4 Å². The summed E-state index contributed by atoms with van der Waals surface area (Å²) in [5.41, 5.74) is -4.85. The fourth-order valence-corrected chi connectivity index (χ4v) is 3.59. The van der Waals surface area contributed by atoms with Crippen LogP contribution in [0.3, 0.4) is 0 Å². The zero-order chi connectivity index (χ0) is 20.6. The van der Waals surface area contributed by atoms with Gasteiger partial charge < -0.3 is 8.92 Å². The largest absolute Gasteiger partial charge is 0.534 e. The van der Waals surface area contributed by atoms with Crippen molar-refractivity contribution in [1.82, 2.24) is 0 Å². The van der Waals surface area contributed by atoms with Crippen LogP contribution in [0.4, 0.5) is 13.2 Å². The van der Waals surface area contributed by atoms with Crippen LogP contribution in [-0.2, 0) is 21.5 Å². The third kappa shape index (κ3) is 6.25. The maximum atomic E-state index is 12.6. The lowest BCUT2D eigenvalue weighted by atomic mass is 10.2. The quantitative estimate of drug-likeness (QED) is 0.181. The van der Waals surface area contributed by atoms with Crippen molar-refractivity contribution in [3.05, 3.63) is 59.7 Å². The van der Waals surface area contributed by atoms with E-state index in [1.54, 1.807) is 0 Å². The van der Waals surface area contributed by atoms with Gasteiger partial charge in [-0.25, -0.2) is 0 Å². The van der Waals surface area contributed by atoms with E-state index >= 15 is 0 Å². The zero-order valence-corrected chi connectivity index (χ0v) is 16.1. The van der Waals surface area contributed by atoms with Crippen molar-refractivity contribution in [2.45, 2.75) is 23.4 Å². The van der Waals surface area contributed by atoms with Crippen molar-refractivity contribution in [3.8, 4) is 5.75 Å². The van der Waals surface area contributed by atoms with Gasteiger partial charge in [0.05, 0.1) is 17.1 Å². The average molecular weight is 434 g/mol. The standard InChI is InChI=1S/C18H17F3O5S2/c19-18(20,21)28(23,24)26-17-15(12-22)8-4-9-16(17)27-11-5-10-25-13-14-6-2-1-3-7-14/h1-4,6-9,12H,5,10-11,13H2. The molecule has 0 aromatic heterocycles. The van der Waals surface area contributed by atoms with Crippen LogP contribution >= 0.6 is 11.8 Å². The van der Waals surface area contributed by atoms with Crippen molar-refractivity contribution < 1.29 is 35.3 Å². The number of para-hydroxylation sites is 1. The molecule has 0 fully saturated rings. The van der Waals surface area contributed by atoms with Gasteiger partial charge >= 0.3 is 15.6 Å². The van der Waals surface area contributed by atoms with Crippen molar-refractivity contribution in [2.75, 3.05) is 12.4 Å². The lowest BCUT2D eigenvalue weighted by Crippen LogP contribution is -2.28. The molecule has 0 saturated heterocycles. The first-order valence-corrected chi connectivity index (χ1v) is 10.5. The van der Waals surface area contributed by atoms with Crippen molar-refractivity contribution >= 4 is 28.2 Å². The summed E-state index contributed by atoms with van der Waals surface area (Å²) in [4.78, 5) is 11.2. The molecule has 2 aromatic rings. The van der Waals surface area contributed by atoms with Crippen LogP contribution < -0.4 is 4.18 Å². The molecular formula is C18H17F3O5S2. The topological polar surface area (TPSA) is 69.7 Å². The van der Waals surface area contributed by atoms with E-state index in [1.165, 1.54) is 18.2 Å². The molecule has 152 valence electrons. The predicted molar refractivity (Wildman–Crippen MR) is 98.9 cm³/mol. The Morgan fingerprint density at radius 3 is 2.39 bits per heavy atom. The Hall–Kier alpha value is -2.04. The van der Waals surface area contributed by atoms with Crippen LogP contribution in [0.2, 0.25) is 0 Å². The monoisotopic (exact) mass is 434 g/mol. The summed E-state index contributed by atoms with van der Waals surface area (Å²) >= 11 is 1.08. The van der Waals surface area contributed by atoms with Gasteiger partial charge in [-0.2, -0.15) is 21.6 Å². The second kappa shape index (κ2) is 9.94. The van der Waals surface area contributed by atoms with E-state index in [0.717, 1.165) is 17.3 Å². The first kappa shape index (κ1) is 22.3. The Morgan fingerprint density at radius 1 is 1.04 bits per heavy atom. The van der Waals surface area contributed by atoms with Crippen LogP contribution in [0.1, 0.15) is 22.3 Å². The van der Waals surface area contributed by atoms with Gasteiger partial charge in [0.25, 0.3) is 0 Å². The summed E-state index contributed by atoms with van der Waals surface area (Å²) in [5, 5.41) is 0. The molecule has 0 amide bonds. The van der Waals surface area contributed by atoms with E-state index in [1.807, 2.05) is 30.3 Å². The number of ether oxygens (including phenoxy) is 1. The molecule has 0 heterocycles. The molecule has 5 nitrogen and oxygen atoms in total. The Labute approximate surface area is 165 Å². The normalized spacial score (nSPS) is 12.0. The first-order chi connectivity index (χ1) is 13.2. The summed E-state index contributed by atoms with van der Waals surface area (Å²) in [5.74, 6) is -0.190. The molecule has 0 bridgehead atoms. The van der Waals surface area contributed by atoms with Gasteiger partial charge in [0.2, 0.25) is 0 Å². The average Bonchev–Trinajstić information content (AvgIpc) is 2.65. The lowest BCUT2D eigenvalue weighted by molar-refractivity contribution is -0.0501. The van der Waals surface area contributed by atoms with Crippen LogP contribution in [0.15, 0.2) is 53.4 Å². The molecule has 2 aromatic carbocycles. The number of benzene rings is 2. The van der Waals surface area contributed by atoms with E-state index in [9.17, 15) is 26.4 Å². The highest BCUT2D eigenvalue weighted by molar-refractivity contribution is 7.99. The second-order valence-electron chi connectivity index (χ2n) is 5.52. The Bertz CT molecular complexity index is 884. The molecule has 10 heteroatoms. The maximum absolute atomic E-state index is 12.6. The van der Waals surface area contributed by atoms with Crippen LogP contribution in [0.5, 0.6) is 5.75 Å². The number of carbonyl (C=O) groups is 1. The number of carbonyl (C=O) groups excluding carboxylic acids is 1. The summed E-state index contributed by atoms with van der Waals surface area (Å²) < 4.78 is 70.1. The number of aldehydes is 1. The summed E-state index contributed by atoms with van der Waals surface area (Å²) in [6, 6.07) is 13.5. The predicted octanol–water partition coefficient (Wildman–Crippen LogP) is 4.43. The molecule has 0 aliphatic carbocycles. The summed E-state index contributed by atoms with van der Waals surface area (Å²) in [7, 11) is -5.87. The Morgan fingerprint density at radius 2 is 1.75 bits per heavy atom. The number of alkyl halides is 3. The number of halogens is 3. The van der Waals surface area contributed by atoms with Gasteiger partial charge in [-0.15, -0.1) is 11.8 Å². The SMILES string of the molecule is O=Cc1cccc(SCCCOCc2ccccc2)c1OS(=O)(=O)C(F)(F)F. The fraction of sp³-hybridized carbons (Fsp3) is 0.278. The van der Waals surface area contributed by atoms with Crippen molar-refractivity contribution in [1.29, 1.82) is 0 Å². The summed E-state index contributed by atoms with van der Waals surface area (Å²) in [6.07, 6.45) is 0.808. The third-order valence-electron chi connectivity index (χ3n) is 3.41. The van der Waals surface area contributed by atoms with E-state index in [4.69, 9.17) is 4.74 Å². The second-order valence-corrected chi connectivity index (χ2v) is 8.19. The van der Waals surface area contributed by atoms with E-state index in [2.05, 4.69) is 4.18 Å². The van der Waals surface area contributed by atoms with Crippen LogP contribution in [0, 0.1) is 0 Å². The number of hydrogen-bond acceptors (Lipinski definition) is 6. The fourth-order valence-electron chi connectivity index (χ4n) is 2.09. The maximum Gasteiger partial charge on any atom is 0.534 e. The van der Waals surface area contributed by atoms with Gasteiger partial charge in [0.15, 0.2) is 12.0 Å². The molecule has 2 rings (SSSR count). The highest BCUT2D eigenvalue weighted by Gasteiger charge is 2.49. The Kier molecular flexibility index (Phi) is 7.90. The van der Waals surface area contributed by atoms with Crippen LogP contribution in [-0.4, -0.2) is 32.6 Å². The minimum atomic E-state index is -5.87. The summed E-state index contributed by atoms with van der Waals surface area (Å²) in [6.45, 7) is 0.844. The van der Waals surface area contributed by atoms with Gasteiger partial charge in [0, 0.05) is 12.4 Å². The van der Waals surface area contributed by atoms with Gasteiger partial charge in [-0.3, -0.25) is 4.79 Å². The minimum Gasteiger partial charge on any atom is -0.377 e. The highest BCUT2D eigenvalue weighted by Crippen LogP contribution is 2.36. The molecule has 28 heavy (non-hydrogen) atoms. The smallest absolute Gasteiger partial charge is 0.377 e. The molecule has 0 aliphatic heterocycles. The molecule has 0 aliphatic rings. The molecule has 0 saturated carbocycles. The molecule has 0 radical (unpaired) electrons. The molecule has 0 spiro atoms. The van der Waals surface area contributed by atoms with Crippen LogP contribution in [0.25, 0.3) is 0 Å².